The molecule has 0 unspecified atom stereocenters. The van der Waals surface area contributed by atoms with E-state index in [0.29, 0.717) is 12.3 Å². The number of hydrazine groups is 1. The van der Waals surface area contributed by atoms with Gasteiger partial charge in [0.2, 0.25) is 0 Å². The van der Waals surface area contributed by atoms with Crippen molar-refractivity contribution in [2.45, 2.75) is 12.9 Å². The summed E-state index contributed by atoms with van der Waals surface area (Å²) in [6.07, 6.45) is -2.83. The van der Waals surface area contributed by atoms with Crippen molar-refractivity contribution in [3.63, 3.8) is 0 Å². The molecule has 9 heteroatoms. The number of fused-ring (bicyclic) bond motifs is 1. The Balaban J connectivity index is 1.35. The van der Waals surface area contributed by atoms with Gasteiger partial charge in [0, 0.05) is 23.0 Å². The van der Waals surface area contributed by atoms with Gasteiger partial charge in [-0.25, -0.2) is 5.53 Å². The molecule has 0 saturated heterocycles. The highest BCUT2D eigenvalue weighted by Crippen LogP contribution is 2.26. The van der Waals surface area contributed by atoms with E-state index in [1.807, 2.05) is 60.8 Å². The Bertz CT molecular complexity index is 1380. The quantitative estimate of drug-likeness (QED) is 0.494. The molecular formula is C24H17F3N4O2. The standard InChI is InChI=1S/C24H17F3N4O2/c25-24(26,27)32-20-9-6-16(7-10-20)18-8-11-22-19(12-18)14-31(30-28-22)15-21-13-23(29-33-21)17-4-2-1-3-5-17/h1-14,30H,15H2. The van der Waals surface area contributed by atoms with Crippen molar-refractivity contribution in [1.29, 1.82) is 0 Å². The predicted octanol–water partition coefficient (Wildman–Crippen LogP) is 4.20. The molecule has 0 amide bonds. The number of halogens is 3. The van der Waals surface area contributed by atoms with Gasteiger partial charge in [-0.1, -0.05) is 53.7 Å². The Morgan fingerprint density at radius 3 is 2.39 bits per heavy atom. The first-order valence-electron chi connectivity index (χ1n) is 10.0. The maximum absolute atomic E-state index is 12.4. The molecule has 0 atom stereocenters. The molecule has 166 valence electrons. The molecule has 1 aliphatic rings. The number of hydrogen-bond donors (Lipinski definition) is 1. The minimum absolute atomic E-state index is 0.261. The zero-order chi connectivity index (χ0) is 22.8. The van der Waals surface area contributed by atoms with Crippen LogP contribution in [0.3, 0.4) is 0 Å². The maximum atomic E-state index is 12.4. The van der Waals surface area contributed by atoms with E-state index in [0.717, 1.165) is 33.0 Å². The number of benzene rings is 3. The van der Waals surface area contributed by atoms with Crippen LogP contribution in [-0.2, 0) is 6.54 Å². The Morgan fingerprint density at radius 1 is 0.879 bits per heavy atom. The van der Waals surface area contributed by atoms with Crippen LogP contribution in [-0.4, -0.2) is 16.5 Å². The topological polar surface area (TPSA) is 62.9 Å². The molecule has 0 radical (unpaired) electrons. The van der Waals surface area contributed by atoms with E-state index in [2.05, 4.69) is 20.5 Å². The number of rotatable bonds is 5. The van der Waals surface area contributed by atoms with Crippen LogP contribution in [0.2, 0.25) is 0 Å². The van der Waals surface area contributed by atoms with Crippen LogP contribution in [0.15, 0.2) is 88.5 Å². The summed E-state index contributed by atoms with van der Waals surface area (Å²) in [7, 11) is 0. The van der Waals surface area contributed by atoms with E-state index in [-0.39, 0.29) is 5.75 Å². The third-order valence-electron chi connectivity index (χ3n) is 5.00. The summed E-state index contributed by atoms with van der Waals surface area (Å²) in [5.74, 6) is 0.399. The summed E-state index contributed by atoms with van der Waals surface area (Å²) >= 11 is 0. The molecule has 4 aromatic rings. The molecule has 1 N–H and O–H groups in total. The van der Waals surface area contributed by atoms with Crippen molar-refractivity contribution in [3.8, 4) is 28.1 Å². The van der Waals surface area contributed by atoms with Crippen LogP contribution in [0.1, 0.15) is 5.76 Å². The SMILES string of the molecule is FC(F)(F)Oc1ccc(-c2ccc3c(c2)=CN(Cc2cc(-c4ccccc4)no2)NN=3)cc1. The van der Waals surface area contributed by atoms with Crippen LogP contribution in [0.25, 0.3) is 28.6 Å². The summed E-state index contributed by atoms with van der Waals surface area (Å²) in [4.78, 5) is 0. The minimum atomic E-state index is -4.72. The molecule has 33 heavy (non-hydrogen) atoms. The van der Waals surface area contributed by atoms with Gasteiger partial charge in [0.25, 0.3) is 0 Å². The lowest BCUT2D eigenvalue weighted by Gasteiger charge is -2.20. The zero-order valence-electron chi connectivity index (χ0n) is 17.1. The van der Waals surface area contributed by atoms with E-state index < -0.39 is 6.36 Å². The van der Waals surface area contributed by atoms with Gasteiger partial charge in [0.15, 0.2) is 5.76 Å². The van der Waals surface area contributed by atoms with E-state index in [9.17, 15) is 13.2 Å². The highest BCUT2D eigenvalue weighted by Gasteiger charge is 2.30. The van der Waals surface area contributed by atoms with E-state index in [1.165, 1.54) is 12.1 Å². The first-order chi connectivity index (χ1) is 15.9. The number of nitrogens with zero attached hydrogens (tertiary/aromatic N) is 3. The number of ether oxygens (including phenoxy) is 1. The Morgan fingerprint density at radius 2 is 1.64 bits per heavy atom. The second-order valence-corrected chi connectivity index (χ2v) is 7.36. The fourth-order valence-corrected chi connectivity index (χ4v) is 3.48. The third-order valence-corrected chi connectivity index (χ3v) is 5.00. The van der Waals surface area contributed by atoms with E-state index in [4.69, 9.17) is 4.52 Å². The molecule has 3 aromatic carbocycles. The summed E-state index contributed by atoms with van der Waals surface area (Å²) in [6.45, 7) is 0.399. The first-order valence-corrected chi connectivity index (χ1v) is 10.0. The highest BCUT2D eigenvalue weighted by molar-refractivity contribution is 5.64. The van der Waals surface area contributed by atoms with Crippen molar-refractivity contribution in [1.82, 2.24) is 15.7 Å². The summed E-state index contributed by atoms with van der Waals surface area (Å²) < 4.78 is 46.5. The highest BCUT2D eigenvalue weighted by atomic mass is 19.4. The third kappa shape index (κ3) is 4.82. The molecule has 5 rings (SSSR count). The van der Waals surface area contributed by atoms with Gasteiger partial charge in [-0.2, -0.15) is 5.10 Å². The molecule has 0 bridgehead atoms. The Hall–Kier alpha value is -4.27. The minimum Gasteiger partial charge on any atom is -0.406 e. The van der Waals surface area contributed by atoms with Gasteiger partial charge in [-0.3, -0.25) is 5.01 Å². The molecule has 0 fully saturated rings. The Kier molecular flexibility index (Phi) is 5.21. The van der Waals surface area contributed by atoms with Crippen molar-refractivity contribution >= 4 is 6.20 Å². The largest absolute Gasteiger partial charge is 0.573 e. The van der Waals surface area contributed by atoms with Gasteiger partial charge in [0.05, 0.1) is 5.36 Å². The van der Waals surface area contributed by atoms with Gasteiger partial charge < -0.3 is 9.26 Å². The fraction of sp³-hybridized carbons (Fsp3) is 0.0833. The van der Waals surface area contributed by atoms with Crippen LogP contribution >= 0.6 is 0 Å². The second kappa shape index (κ2) is 8.34. The van der Waals surface area contributed by atoms with Crippen molar-refractivity contribution in [3.05, 3.63) is 95.2 Å². The smallest absolute Gasteiger partial charge is 0.406 e. The van der Waals surface area contributed by atoms with Crippen molar-refractivity contribution in [2.24, 2.45) is 5.10 Å². The van der Waals surface area contributed by atoms with Gasteiger partial charge >= 0.3 is 6.36 Å². The number of hydrogen-bond acceptors (Lipinski definition) is 6. The molecule has 2 heterocycles. The van der Waals surface area contributed by atoms with E-state index >= 15 is 0 Å². The predicted molar refractivity (Wildman–Crippen MR) is 114 cm³/mol. The number of alkyl halides is 3. The van der Waals surface area contributed by atoms with Crippen LogP contribution in [0.5, 0.6) is 5.75 Å². The fourth-order valence-electron chi connectivity index (χ4n) is 3.48. The van der Waals surface area contributed by atoms with Gasteiger partial charge in [0.1, 0.15) is 18.0 Å². The second-order valence-electron chi connectivity index (χ2n) is 7.36. The molecule has 0 aliphatic carbocycles. The lowest BCUT2D eigenvalue weighted by Crippen LogP contribution is -2.42. The summed E-state index contributed by atoms with van der Waals surface area (Å²) in [5, 5.41) is 11.8. The first kappa shape index (κ1) is 20.6. The lowest BCUT2D eigenvalue weighted by molar-refractivity contribution is -0.274. The number of nitrogens with one attached hydrogen (secondary N) is 1. The molecule has 0 spiro atoms. The number of aromatic nitrogens is 1. The van der Waals surface area contributed by atoms with E-state index in [1.54, 1.807) is 17.1 Å². The zero-order valence-corrected chi connectivity index (χ0v) is 17.1. The lowest BCUT2D eigenvalue weighted by atomic mass is 10.0. The van der Waals surface area contributed by atoms with Gasteiger partial charge in [-0.05, 0) is 35.4 Å². The molecule has 1 aromatic heterocycles. The average Bonchev–Trinajstić information content (AvgIpc) is 3.27. The molecular weight excluding hydrogens is 433 g/mol. The van der Waals surface area contributed by atoms with Crippen LogP contribution in [0, 0.1) is 0 Å². The van der Waals surface area contributed by atoms with Gasteiger partial charge in [-0.15, -0.1) is 13.2 Å². The molecule has 6 nitrogen and oxygen atoms in total. The molecule has 1 aliphatic heterocycles. The monoisotopic (exact) mass is 450 g/mol. The summed E-state index contributed by atoms with van der Waals surface area (Å²) in [5.41, 5.74) is 6.27. The Labute approximate surface area is 186 Å². The summed E-state index contributed by atoms with van der Waals surface area (Å²) in [6, 6.07) is 23.0. The maximum Gasteiger partial charge on any atom is 0.573 e. The van der Waals surface area contributed by atoms with Crippen molar-refractivity contribution < 1.29 is 22.4 Å². The molecule has 0 saturated carbocycles. The van der Waals surface area contributed by atoms with Crippen LogP contribution in [0.4, 0.5) is 13.2 Å². The average molecular weight is 450 g/mol. The normalized spacial score (nSPS) is 12.9. The van der Waals surface area contributed by atoms with Crippen molar-refractivity contribution in [2.75, 3.05) is 0 Å². The van der Waals surface area contributed by atoms with Crippen LogP contribution < -0.4 is 20.8 Å².